The number of hydrogen-bond acceptors (Lipinski definition) is 2. The SMILES string of the molecule is O=C([O-])C(F)(Cl)C(F)(F)C(F)(Cl)C(F)(Cl)C(F)(F)C(F)(F)C(F)(F)C(F)(F)C(F)(F)F.[K+]. The Bertz CT molecular complexity index is 719. The zero-order valence-corrected chi connectivity index (χ0v) is 19.4. The van der Waals surface area contributed by atoms with Crippen LogP contribution in [0.15, 0.2) is 0 Å². The van der Waals surface area contributed by atoms with Crippen molar-refractivity contribution < 1.29 is 132 Å². The van der Waals surface area contributed by atoms with E-state index < -0.39 is 57.1 Å². The van der Waals surface area contributed by atoms with E-state index in [9.17, 15) is 80.1 Å². The Morgan fingerprint density at radius 3 is 1.00 bits per heavy atom. The summed E-state index contributed by atoms with van der Waals surface area (Å²) in [6.07, 6.45) is -7.78. The number of carboxylic acid groups (broad SMARTS) is 1. The van der Waals surface area contributed by atoms with Crippen LogP contribution in [-0.4, -0.2) is 57.1 Å². The summed E-state index contributed by atoms with van der Waals surface area (Å²) in [4.78, 5) is 10.1. The minimum absolute atomic E-state index is 0. The molecule has 0 aromatic carbocycles. The molecule has 32 heavy (non-hydrogen) atoms. The molecule has 0 aliphatic carbocycles. The number of carbonyl (C=O) groups excluding carboxylic acids is 1. The minimum Gasteiger partial charge on any atom is -0.545 e. The fraction of sp³-hybridized carbons (Fsp3) is 0.900. The molecule has 0 bridgehead atoms. The summed E-state index contributed by atoms with van der Waals surface area (Å²) >= 11 is 11.3. The Kier molecular flexibility index (Phi) is 9.92. The van der Waals surface area contributed by atoms with Crippen LogP contribution in [0.4, 0.5) is 70.2 Å². The zero-order chi connectivity index (χ0) is 26.1. The summed E-state index contributed by atoms with van der Waals surface area (Å²) in [5.41, 5.74) is 0. The monoisotopic (exact) mass is 600 g/mol. The molecule has 0 aromatic heterocycles. The first-order valence-corrected chi connectivity index (χ1v) is 7.38. The van der Waals surface area contributed by atoms with Gasteiger partial charge in [0, 0.05) is 0 Å². The van der Waals surface area contributed by atoms with Gasteiger partial charge in [-0.15, -0.1) is 0 Å². The van der Waals surface area contributed by atoms with E-state index >= 15 is 0 Å². The van der Waals surface area contributed by atoms with Crippen LogP contribution < -0.4 is 56.5 Å². The van der Waals surface area contributed by atoms with Gasteiger partial charge in [0.15, 0.2) is 0 Å². The number of halogens is 19. The van der Waals surface area contributed by atoms with E-state index in [4.69, 9.17) is 0 Å². The van der Waals surface area contributed by atoms with Gasteiger partial charge in [-0.25, -0.2) is 13.2 Å². The molecule has 186 valence electrons. The number of hydrogen-bond donors (Lipinski definition) is 0. The summed E-state index contributed by atoms with van der Waals surface area (Å²) in [6.45, 7) is 0. The quantitative estimate of drug-likeness (QED) is 0.243. The van der Waals surface area contributed by atoms with Gasteiger partial charge in [0.2, 0.25) is 0 Å². The minimum atomic E-state index is -8.52. The summed E-state index contributed by atoms with van der Waals surface area (Å²) in [5.74, 6) is -44.8. The Balaban J connectivity index is 0. The molecule has 0 aromatic rings. The first-order chi connectivity index (χ1) is 12.9. The van der Waals surface area contributed by atoms with Crippen molar-refractivity contribution in [1.29, 1.82) is 0 Å². The smallest absolute Gasteiger partial charge is 0.545 e. The van der Waals surface area contributed by atoms with Crippen LogP contribution in [0.1, 0.15) is 0 Å². The summed E-state index contributed by atoms with van der Waals surface area (Å²) in [6, 6.07) is 0. The fourth-order valence-electron chi connectivity index (χ4n) is 1.49. The third-order valence-corrected chi connectivity index (χ3v) is 4.86. The van der Waals surface area contributed by atoms with E-state index in [1.54, 1.807) is 0 Å². The molecule has 0 rings (SSSR count). The van der Waals surface area contributed by atoms with E-state index in [2.05, 4.69) is 34.8 Å². The number of rotatable bonds is 8. The van der Waals surface area contributed by atoms with Crippen LogP contribution in [0.5, 0.6) is 0 Å². The van der Waals surface area contributed by atoms with Gasteiger partial charge >= 0.3 is 97.4 Å². The molecule has 22 heteroatoms. The third kappa shape index (κ3) is 4.42. The molecule has 0 saturated carbocycles. The molecule has 0 spiro atoms. The second kappa shape index (κ2) is 9.06. The number of carboxylic acids is 1. The fourth-order valence-corrected chi connectivity index (χ4v) is 2.15. The van der Waals surface area contributed by atoms with Gasteiger partial charge in [0.1, 0.15) is 5.97 Å². The summed E-state index contributed by atoms with van der Waals surface area (Å²) in [5, 5.41) is -10.7. The Hall–Kier alpha value is 0.856. The molecule has 0 aliphatic heterocycles. The molecule has 3 unspecified atom stereocenters. The molecule has 0 heterocycles. The molecule has 3 atom stereocenters. The molecule has 0 saturated heterocycles. The topological polar surface area (TPSA) is 40.1 Å². The Labute approximate surface area is 221 Å². The molecule has 0 fully saturated rings. The van der Waals surface area contributed by atoms with E-state index in [0.29, 0.717) is 0 Å². The van der Waals surface area contributed by atoms with E-state index in [0.717, 1.165) is 0 Å². The van der Waals surface area contributed by atoms with Crippen LogP contribution in [-0.2, 0) is 4.79 Å². The van der Waals surface area contributed by atoms with Crippen LogP contribution in [0.25, 0.3) is 0 Å². The molecular formula is C10Cl3F16KO2. The third-order valence-electron chi connectivity index (χ3n) is 3.37. The van der Waals surface area contributed by atoms with Crippen molar-refractivity contribution in [1.82, 2.24) is 0 Å². The second-order valence-corrected chi connectivity index (χ2v) is 6.94. The maximum absolute atomic E-state index is 13.9. The molecule has 0 aliphatic rings. The van der Waals surface area contributed by atoms with Gasteiger partial charge in [0.25, 0.3) is 5.13 Å². The molecule has 0 radical (unpaired) electrons. The Morgan fingerprint density at radius 1 is 0.500 bits per heavy atom. The van der Waals surface area contributed by atoms with Gasteiger partial charge in [-0.3, -0.25) is 0 Å². The average molecular weight is 602 g/mol. The largest absolute Gasteiger partial charge is 1.00 e. The van der Waals surface area contributed by atoms with Crippen LogP contribution in [0, 0.1) is 0 Å². The predicted molar refractivity (Wildman–Crippen MR) is 64.9 cm³/mol. The van der Waals surface area contributed by atoms with E-state index in [-0.39, 0.29) is 51.4 Å². The number of carbonyl (C=O) groups is 1. The standard InChI is InChI=1S/C10HCl3F16O2.K/c11-2(14,1(30)31)5(17,18)3(12,15)4(13,16)6(19,20)7(21,22)8(23,24)9(25,26)10(27,28)29;/h(H,30,31);/q;+1/p-1. The maximum atomic E-state index is 13.9. The van der Waals surface area contributed by atoms with Crippen molar-refractivity contribution in [2.45, 2.75) is 51.2 Å². The van der Waals surface area contributed by atoms with Crippen molar-refractivity contribution in [2.75, 3.05) is 0 Å². The normalized spacial score (nSPS) is 20.5. The second-order valence-electron chi connectivity index (χ2n) is 5.38. The van der Waals surface area contributed by atoms with Crippen molar-refractivity contribution in [3.05, 3.63) is 0 Å². The molecule has 2 nitrogen and oxygen atoms in total. The van der Waals surface area contributed by atoms with Gasteiger partial charge in [-0.2, -0.15) is 57.1 Å². The molecular weight excluding hydrogens is 602 g/mol. The van der Waals surface area contributed by atoms with Crippen LogP contribution >= 0.6 is 34.8 Å². The average Bonchev–Trinajstić information content (AvgIpc) is 2.52. The van der Waals surface area contributed by atoms with Crippen molar-refractivity contribution in [3.63, 3.8) is 0 Å². The van der Waals surface area contributed by atoms with Gasteiger partial charge < -0.3 is 9.90 Å². The zero-order valence-electron chi connectivity index (χ0n) is 14.0. The number of aliphatic carboxylic acids is 1. The maximum Gasteiger partial charge on any atom is 1.00 e. The number of alkyl halides is 19. The van der Waals surface area contributed by atoms with Gasteiger partial charge in [0.05, 0.1) is 0 Å². The van der Waals surface area contributed by atoms with Crippen LogP contribution in [0.2, 0.25) is 0 Å². The first-order valence-electron chi connectivity index (χ1n) is 6.25. The van der Waals surface area contributed by atoms with Crippen LogP contribution in [0.3, 0.4) is 0 Å². The van der Waals surface area contributed by atoms with Gasteiger partial charge in [-0.05, 0) is 0 Å². The van der Waals surface area contributed by atoms with Gasteiger partial charge in [-0.1, -0.05) is 34.8 Å². The summed E-state index contributed by atoms with van der Waals surface area (Å²) < 4.78 is 209. The van der Waals surface area contributed by atoms with Crippen molar-refractivity contribution in [2.24, 2.45) is 0 Å². The molecule has 0 amide bonds. The van der Waals surface area contributed by atoms with Crippen molar-refractivity contribution >= 4 is 40.8 Å². The predicted octanol–water partition coefficient (Wildman–Crippen LogP) is 2.19. The summed E-state index contributed by atoms with van der Waals surface area (Å²) in [7, 11) is 0. The first kappa shape index (κ1) is 35.0. The Morgan fingerprint density at radius 2 is 0.750 bits per heavy atom. The van der Waals surface area contributed by atoms with Crippen molar-refractivity contribution in [3.8, 4) is 0 Å². The molecule has 0 N–H and O–H groups in total. The van der Waals surface area contributed by atoms with E-state index in [1.165, 1.54) is 0 Å². The van der Waals surface area contributed by atoms with E-state index in [1.807, 2.05) is 0 Å².